The fourth-order valence-electron chi connectivity index (χ4n) is 5.97. The van der Waals surface area contributed by atoms with Gasteiger partial charge in [0.1, 0.15) is 11.5 Å². The van der Waals surface area contributed by atoms with E-state index in [1.165, 1.54) is 81.0 Å². The van der Waals surface area contributed by atoms with Crippen molar-refractivity contribution in [3.05, 3.63) is 143 Å². The molecular formula is C48H44F6N2O14. The Bertz CT molecular complexity index is 2660. The third-order valence-electron chi connectivity index (χ3n) is 9.34. The van der Waals surface area contributed by atoms with Crippen LogP contribution in [0.3, 0.4) is 0 Å². The molecule has 0 aliphatic heterocycles. The first-order chi connectivity index (χ1) is 32.8. The third-order valence-corrected chi connectivity index (χ3v) is 9.34. The molecule has 5 rings (SSSR count). The minimum absolute atomic E-state index is 0.0184. The molecule has 0 radical (unpaired) electrons. The number of anilines is 2. The van der Waals surface area contributed by atoms with E-state index in [0.717, 1.165) is 60.7 Å². The summed E-state index contributed by atoms with van der Waals surface area (Å²) in [6.07, 6.45) is -6.80. The molecule has 0 saturated carbocycles. The standard InChI is InChI=1S/C45H36F6N2O12.C3H8O2/c1-60-38-19-25(4-16-36(38)62-41(56)27-7-12-33(13-8-27)64-44(46,47)48)3-11-32(54)24-35(29-21-30(52)23-31(53)22-29)43(58,59)40(55)18-6-26-5-17-37(39(20-26)61-2)63-42(57)28-9-14-34(15-10-28)65-45(49,50)51;1-2-3(4)5/h3-23,35,58-59H,24,52-53H2,1-2H3;3-5H,2H2,1H3/b11-3+,18-6+;. The van der Waals surface area contributed by atoms with Crippen LogP contribution in [-0.2, 0) is 9.59 Å². The Morgan fingerprint density at radius 2 is 1.00 bits per heavy atom. The van der Waals surface area contributed by atoms with Crippen molar-refractivity contribution < 1.29 is 94.4 Å². The molecule has 16 nitrogen and oxygen atoms in total. The van der Waals surface area contributed by atoms with E-state index in [4.69, 9.17) is 40.6 Å². The molecule has 5 aromatic carbocycles. The number of allylic oxidation sites excluding steroid dienone is 1. The summed E-state index contributed by atoms with van der Waals surface area (Å²) in [7, 11) is 2.51. The molecule has 8 N–H and O–H groups in total. The number of ketones is 2. The van der Waals surface area contributed by atoms with Crippen LogP contribution in [-0.4, -0.2) is 83.0 Å². The van der Waals surface area contributed by atoms with Crippen LogP contribution in [0.15, 0.2) is 115 Å². The molecule has 0 aliphatic carbocycles. The van der Waals surface area contributed by atoms with Crippen LogP contribution < -0.4 is 39.9 Å². The van der Waals surface area contributed by atoms with Gasteiger partial charge in [-0.25, -0.2) is 9.59 Å². The summed E-state index contributed by atoms with van der Waals surface area (Å²) in [5.41, 5.74) is 12.5. The lowest BCUT2D eigenvalue weighted by molar-refractivity contribution is -0.275. The van der Waals surface area contributed by atoms with Crippen molar-refractivity contribution in [2.75, 3.05) is 25.7 Å². The Labute approximate surface area is 394 Å². The number of alkyl halides is 6. The Balaban J connectivity index is 0.00000202. The van der Waals surface area contributed by atoms with E-state index in [0.29, 0.717) is 12.0 Å². The largest absolute Gasteiger partial charge is 0.573 e. The minimum Gasteiger partial charge on any atom is -0.493 e. The molecule has 0 amide bonds. The van der Waals surface area contributed by atoms with Crippen LogP contribution in [0, 0.1) is 0 Å². The number of aliphatic hydroxyl groups is 4. The monoisotopic (exact) mass is 986 g/mol. The van der Waals surface area contributed by atoms with E-state index < -0.39 is 72.1 Å². The van der Waals surface area contributed by atoms with E-state index in [1.807, 2.05) is 0 Å². The van der Waals surface area contributed by atoms with Gasteiger partial charge in [-0.2, -0.15) is 0 Å². The summed E-state index contributed by atoms with van der Waals surface area (Å²) in [5.74, 6) is -9.99. The van der Waals surface area contributed by atoms with Crippen molar-refractivity contribution in [2.24, 2.45) is 0 Å². The summed E-state index contributed by atoms with van der Waals surface area (Å²) in [5, 5.41) is 38.6. The molecule has 0 aliphatic rings. The first-order valence-corrected chi connectivity index (χ1v) is 20.2. The van der Waals surface area contributed by atoms with Crippen LogP contribution in [0.4, 0.5) is 37.7 Å². The molecule has 0 heterocycles. The maximum atomic E-state index is 13.5. The van der Waals surface area contributed by atoms with Crippen LogP contribution >= 0.6 is 0 Å². The summed E-state index contributed by atoms with van der Waals surface area (Å²) in [4.78, 5) is 52.3. The summed E-state index contributed by atoms with van der Waals surface area (Å²) >= 11 is 0. The molecule has 70 heavy (non-hydrogen) atoms. The molecule has 1 atom stereocenters. The highest BCUT2D eigenvalue weighted by molar-refractivity contribution is 6.01. The second-order valence-electron chi connectivity index (χ2n) is 14.5. The van der Waals surface area contributed by atoms with Crippen LogP contribution in [0.5, 0.6) is 34.5 Å². The predicted molar refractivity (Wildman–Crippen MR) is 239 cm³/mol. The average molecular weight is 987 g/mol. The smallest absolute Gasteiger partial charge is 0.493 e. The van der Waals surface area contributed by atoms with Gasteiger partial charge in [0.15, 0.2) is 35.1 Å². The quantitative estimate of drug-likeness (QED) is 0.0124. The number of benzene rings is 5. The van der Waals surface area contributed by atoms with Gasteiger partial charge < -0.3 is 60.3 Å². The van der Waals surface area contributed by atoms with Gasteiger partial charge in [0, 0.05) is 17.8 Å². The van der Waals surface area contributed by atoms with Gasteiger partial charge in [-0.1, -0.05) is 31.2 Å². The molecule has 0 fully saturated rings. The van der Waals surface area contributed by atoms with Crippen molar-refractivity contribution in [1.29, 1.82) is 0 Å². The Morgan fingerprint density at radius 3 is 1.37 bits per heavy atom. The number of aliphatic hydroxyl groups excluding tert-OH is 1. The van der Waals surface area contributed by atoms with Crippen molar-refractivity contribution in [1.82, 2.24) is 0 Å². The van der Waals surface area contributed by atoms with Crippen molar-refractivity contribution in [2.45, 2.75) is 50.5 Å². The zero-order chi connectivity index (χ0) is 52.0. The Hall–Kier alpha value is -7.92. The Kier molecular flexibility index (Phi) is 18.7. The van der Waals surface area contributed by atoms with Crippen molar-refractivity contribution in [3.63, 3.8) is 0 Å². The molecular weight excluding hydrogens is 943 g/mol. The SMILES string of the molecule is CCC(O)O.COc1cc(/C=C/C(=O)CC(c2cc(N)cc(N)c2)C(O)(O)C(=O)/C=C/c2ccc(OC(=O)c3ccc(OC(F)(F)F)cc3)c(OC)c2)ccc1OC(=O)c1ccc(OC(F)(F)F)cc1. The number of hydrogen-bond acceptors (Lipinski definition) is 16. The summed E-state index contributed by atoms with van der Waals surface area (Å²) in [6, 6.07) is 20.1. The number of halogens is 6. The number of carbonyl (C=O) groups is 4. The molecule has 22 heteroatoms. The highest BCUT2D eigenvalue weighted by Crippen LogP contribution is 2.36. The first-order valence-electron chi connectivity index (χ1n) is 20.2. The zero-order valence-corrected chi connectivity index (χ0v) is 37.0. The second kappa shape index (κ2) is 23.9. The van der Waals surface area contributed by atoms with E-state index in [1.54, 1.807) is 6.92 Å². The Morgan fingerprint density at radius 1 is 0.600 bits per heavy atom. The first kappa shape index (κ1) is 54.7. The molecule has 0 saturated heterocycles. The number of rotatable bonds is 18. The number of methoxy groups -OCH3 is 2. The maximum Gasteiger partial charge on any atom is 0.573 e. The molecule has 372 valence electrons. The highest BCUT2D eigenvalue weighted by Gasteiger charge is 2.43. The van der Waals surface area contributed by atoms with Gasteiger partial charge in [0.25, 0.3) is 0 Å². The van der Waals surface area contributed by atoms with E-state index in [9.17, 15) is 55.7 Å². The van der Waals surface area contributed by atoms with Crippen molar-refractivity contribution in [3.8, 4) is 34.5 Å². The molecule has 0 spiro atoms. The zero-order valence-electron chi connectivity index (χ0n) is 37.0. The minimum atomic E-state index is -4.93. The molecule has 5 aromatic rings. The van der Waals surface area contributed by atoms with Gasteiger partial charge in [-0.15, -0.1) is 26.3 Å². The van der Waals surface area contributed by atoms with Gasteiger partial charge in [0.2, 0.25) is 11.6 Å². The number of nitrogen functional groups attached to an aromatic ring is 2. The fraction of sp³-hybridized carbons (Fsp3) is 0.208. The maximum absolute atomic E-state index is 13.5. The van der Waals surface area contributed by atoms with E-state index in [2.05, 4.69) is 9.47 Å². The van der Waals surface area contributed by atoms with Gasteiger partial charge in [-0.3, -0.25) is 9.59 Å². The predicted octanol–water partition coefficient (Wildman–Crippen LogP) is 7.53. The average Bonchev–Trinajstić information content (AvgIpc) is 3.29. The lowest BCUT2D eigenvalue weighted by atomic mass is 9.83. The van der Waals surface area contributed by atoms with Crippen molar-refractivity contribution >= 4 is 47.0 Å². The number of esters is 2. The summed E-state index contributed by atoms with van der Waals surface area (Å²) < 4.78 is 104. The highest BCUT2D eigenvalue weighted by atomic mass is 19.4. The molecule has 0 aromatic heterocycles. The number of nitrogens with two attached hydrogens (primary N) is 2. The van der Waals surface area contributed by atoms with Gasteiger partial charge >= 0.3 is 24.7 Å². The number of carbonyl (C=O) groups excluding carboxylic acids is 4. The van der Waals surface area contributed by atoms with Crippen LogP contribution in [0.1, 0.15) is 63.1 Å². The topological polar surface area (TPSA) is 257 Å². The van der Waals surface area contributed by atoms with Gasteiger partial charge in [0.05, 0.1) is 31.3 Å². The number of ether oxygens (including phenoxy) is 6. The molecule has 0 bridgehead atoms. The lowest BCUT2D eigenvalue weighted by Gasteiger charge is -2.29. The van der Waals surface area contributed by atoms with Gasteiger partial charge in [-0.05, 0) is 126 Å². The summed E-state index contributed by atoms with van der Waals surface area (Å²) in [6.45, 7) is 1.70. The van der Waals surface area contributed by atoms with E-state index >= 15 is 0 Å². The lowest BCUT2D eigenvalue weighted by Crippen LogP contribution is -2.44. The number of hydrogen-bond donors (Lipinski definition) is 6. The van der Waals surface area contributed by atoms with Crippen LogP contribution in [0.25, 0.3) is 12.2 Å². The fourth-order valence-corrected chi connectivity index (χ4v) is 5.97. The molecule has 1 unspecified atom stereocenters. The van der Waals surface area contributed by atoms with E-state index in [-0.39, 0.29) is 56.6 Å². The third kappa shape index (κ3) is 16.7. The second-order valence-corrected chi connectivity index (χ2v) is 14.5. The normalized spacial score (nSPS) is 12.2. The van der Waals surface area contributed by atoms with Crippen LogP contribution in [0.2, 0.25) is 0 Å².